The first-order valence-corrected chi connectivity index (χ1v) is 5.65. The van der Waals surface area contributed by atoms with Gasteiger partial charge in [0.2, 0.25) is 0 Å². The van der Waals surface area contributed by atoms with E-state index in [1.54, 1.807) is 0 Å². The molecule has 100 valence electrons. The summed E-state index contributed by atoms with van der Waals surface area (Å²) < 4.78 is 44.5. The second-order valence-corrected chi connectivity index (χ2v) is 3.98. The molecule has 0 aliphatic carbocycles. The van der Waals surface area contributed by atoms with Crippen LogP contribution < -0.4 is 10.5 Å². The number of ether oxygens (including phenoxy) is 1. The zero-order valence-corrected chi connectivity index (χ0v) is 10.00. The van der Waals surface area contributed by atoms with Gasteiger partial charge >= 0.3 is 0 Å². The van der Waals surface area contributed by atoms with E-state index in [-0.39, 0.29) is 18.7 Å². The number of rotatable bonds is 4. The molecule has 0 aliphatic heterocycles. The van der Waals surface area contributed by atoms with Gasteiger partial charge < -0.3 is 10.5 Å². The summed E-state index contributed by atoms with van der Waals surface area (Å²) in [7, 11) is 0. The van der Waals surface area contributed by atoms with Crippen LogP contribution in [0.5, 0.6) is 5.75 Å². The smallest absolute Gasteiger partial charge is 0.132 e. The molecule has 0 bridgehead atoms. The lowest BCUT2D eigenvalue weighted by atomic mass is 10.2. The Labute approximate surface area is 108 Å². The fourth-order valence-corrected chi connectivity index (χ4v) is 1.64. The largest absolute Gasteiger partial charge is 0.488 e. The van der Waals surface area contributed by atoms with Crippen molar-refractivity contribution in [3.8, 4) is 5.75 Å². The van der Waals surface area contributed by atoms with Gasteiger partial charge in [-0.2, -0.15) is 0 Å². The van der Waals surface area contributed by atoms with E-state index in [2.05, 4.69) is 0 Å². The molecule has 0 radical (unpaired) electrons. The molecule has 19 heavy (non-hydrogen) atoms. The third kappa shape index (κ3) is 3.26. The molecule has 5 heteroatoms. The summed E-state index contributed by atoms with van der Waals surface area (Å²) in [6.45, 7) is 0.0315. The first kappa shape index (κ1) is 13.4. The lowest BCUT2D eigenvalue weighted by Crippen LogP contribution is -2.04. The van der Waals surface area contributed by atoms with Gasteiger partial charge in [0.1, 0.15) is 29.8 Å². The zero-order chi connectivity index (χ0) is 13.8. The number of benzene rings is 2. The van der Waals surface area contributed by atoms with Gasteiger partial charge in [0.25, 0.3) is 0 Å². The third-order valence-corrected chi connectivity index (χ3v) is 2.64. The minimum atomic E-state index is -0.684. The van der Waals surface area contributed by atoms with Crippen LogP contribution in [0.3, 0.4) is 0 Å². The van der Waals surface area contributed by atoms with Crippen molar-refractivity contribution in [1.82, 2.24) is 0 Å². The van der Waals surface area contributed by atoms with E-state index in [9.17, 15) is 13.2 Å². The van der Waals surface area contributed by atoms with Gasteiger partial charge in [-0.25, -0.2) is 13.2 Å². The SMILES string of the molecule is NCc1cc(F)ccc1OCc1ccc(F)cc1F. The molecule has 0 saturated carbocycles. The lowest BCUT2D eigenvalue weighted by molar-refractivity contribution is 0.296. The fraction of sp³-hybridized carbons (Fsp3) is 0.143. The standard InChI is InChI=1S/C14H12F3NO/c15-11-3-4-14(10(5-11)7-18)19-8-9-1-2-12(16)6-13(9)17/h1-6H,7-8,18H2. The molecule has 0 heterocycles. The van der Waals surface area contributed by atoms with Gasteiger partial charge in [-0.3, -0.25) is 0 Å². The summed E-state index contributed by atoms with van der Waals surface area (Å²) in [5.41, 5.74) is 6.17. The Morgan fingerprint density at radius 1 is 0.895 bits per heavy atom. The van der Waals surface area contributed by atoms with Gasteiger partial charge in [0.05, 0.1) is 0 Å². The van der Waals surface area contributed by atoms with E-state index < -0.39 is 17.5 Å². The Morgan fingerprint density at radius 3 is 2.26 bits per heavy atom. The Bertz CT molecular complexity index is 587. The maximum Gasteiger partial charge on any atom is 0.132 e. The topological polar surface area (TPSA) is 35.2 Å². The monoisotopic (exact) mass is 267 g/mol. The van der Waals surface area contributed by atoms with Crippen LogP contribution in [0, 0.1) is 17.5 Å². The molecule has 2 nitrogen and oxygen atoms in total. The third-order valence-electron chi connectivity index (χ3n) is 2.64. The molecule has 2 N–H and O–H groups in total. The average Bonchev–Trinajstić information content (AvgIpc) is 2.39. The maximum absolute atomic E-state index is 13.4. The highest BCUT2D eigenvalue weighted by molar-refractivity contribution is 5.34. The van der Waals surface area contributed by atoms with Gasteiger partial charge in [-0.1, -0.05) is 0 Å². The van der Waals surface area contributed by atoms with Crippen LogP contribution >= 0.6 is 0 Å². The average molecular weight is 267 g/mol. The van der Waals surface area contributed by atoms with Gasteiger partial charge in [-0.15, -0.1) is 0 Å². The van der Waals surface area contributed by atoms with E-state index in [1.807, 2.05) is 0 Å². The number of nitrogens with two attached hydrogens (primary N) is 1. The van der Waals surface area contributed by atoms with Crippen LogP contribution in [0.4, 0.5) is 13.2 Å². The second-order valence-electron chi connectivity index (χ2n) is 3.98. The Hall–Kier alpha value is -2.01. The second kappa shape index (κ2) is 5.75. The summed E-state index contributed by atoms with van der Waals surface area (Å²) in [5, 5.41) is 0. The van der Waals surface area contributed by atoms with Crippen molar-refractivity contribution in [3.05, 3.63) is 65.0 Å². The maximum atomic E-state index is 13.4. The van der Waals surface area contributed by atoms with Crippen molar-refractivity contribution in [3.63, 3.8) is 0 Å². The normalized spacial score (nSPS) is 10.5. The Balaban J connectivity index is 2.14. The number of hydrogen-bond donors (Lipinski definition) is 1. The van der Waals surface area contributed by atoms with Crippen LogP contribution in [0.25, 0.3) is 0 Å². The highest BCUT2D eigenvalue weighted by Gasteiger charge is 2.07. The van der Waals surface area contributed by atoms with E-state index in [4.69, 9.17) is 10.5 Å². The predicted octanol–water partition coefficient (Wildman–Crippen LogP) is 3.14. The molecular formula is C14H12F3NO. The van der Waals surface area contributed by atoms with E-state index in [0.29, 0.717) is 11.3 Å². The molecule has 0 aliphatic rings. The van der Waals surface area contributed by atoms with Crippen molar-refractivity contribution in [2.24, 2.45) is 5.73 Å². The van der Waals surface area contributed by atoms with E-state index in [1.165, 1.54) is 24.3 Å². The molecule has 0 spiro atoms. The van der Waals surface area contributed by atoms with Crippen LogP contribution in [-0.4, -0.2) is 0 Å². The summed E-state index contributed by atoms with van der Waals surface area (Å²) in [4.78, 5) is 0. The van der Waals surface area contributed by atoms with Gasteiger partial charge in [-0.05, 0) is 30.3 Å². The van der Waals surface area contributed by atoms with E-state index in [0.717, 1.165) is 12.1 Å². The fourth-order valence-electron chi connectivity index (χ4n) is 1.64. The predicted molar refractivity (Wildman–Crippen MR) is 65.0 cm³/mol. The minimum Gasteiger partial charge on any atom is -0.488 e. The van der Waals surface area contributed by atoms with Crippen LogP contribution in [0.15, 0.2) is 36.4 Å². The van der Waals surface area contributed by atoms with Crippen molar-refractivity contribution in [2.75, 3.05) is 0 Å². The highest BCUT2D eigenvalue weighted by Crippen LogP contribution is 2.21. The first-order valence-electron chi connectivity index (χ1n) is 5.65. The minimum absolute atomic E-state index is 0.0786. The molecule has 0 saturated heterocycles. The van der Waals surface area contributed by atoms with Crippen molar-refractivity contribution in [1.29, 1.82) is 0 Å². The van der Waals surface area contributed by atoms with Crippen LogP contribution in [0.1, 0.15) is 11.1 Å². The van der Waals surface area contributed by atoms with Gasteiger partial charge in [0, 0.05) is 23.7 Å². The number of halogens is 3. The quantitative estimate of drug-likeness (QED) is 0.923. The molecule has 0 aromatic heterocycles. The number of hydrogen-bond acceptors (Lipinski definition) is 2. The molecule has 2 aromatic carbocycles. The van der Waals surface area contributed by atoms with Crippen molar-refractivity contribution >= 4 is 0 Å². The summed E-state index contributed by atoms with van der Waals surface area (Å²) >= 11 is 0. The van der Waals surface area contributed by atoms with E-state index >= 15 is 0 Å². The highest BCUT2D eigenvalue weighted by atomic mass is 19.1. The molecule has 0 unspecified atom stereocenters. The molecule has 0 fully saturated rings. The van der Waals surface area contributed by atoms with Crippen LogP contribution in [-0.2, 0) is 13.2 Å². The Morgan fingerprint density at radius 2 is 1.58 bits per heavy atom. The molecule has 2 rings (SSSR count). The zero-order valence-electron chi connectivity index (χ0n) is 10.00. The summed E-state index contributed by atoms with van der Waals surface area (Å²) in [6.07, 6.45) is 0. The Kier molecular flexibility index (Phi) is 4.06. The summed E-state index contributed by atoms with van der Waals surface area (Å²) in [5.74, 6) is -1.37. The molecule has 0 atom stereocenters. The molecule has 0 amide bonds. The molecular weight excluding hydrogens is 255 g/mol. The van der Waals surface area contributed by atoms with Crippen molar-refractivity contribution in [2.45, 2.75) is 13.2 Å². The molecule has 2 aromatic rings. The summed E-state index contributed by atoms with van der Waals surface area (Å²) in [6, 6.07) is 7.16. The lowest BCUT2D eigenvalue weighted by Gasteiger charge is -2.11. The first-order chi connectivity index (χ1) is 9.10. The van der Waals surface area contributed by atoms with Gasteiger partial charge in [0.15, 0.2) is 0 Å². The van der Waals surface area contributed by atoms with Crippen molar-refractivity contribution < 1.29 is 17.9 Å². The van der Waals surface area contributed by atoms with Crippen LogP contribution in [0.2, 0.25) is 0 Å².